The molecule has 1 atom stereocenters. The van der Waals surface area contributed by atoms with Gasteiger partial charge in [0.05, 0.1) is 11.7 Å². The minimum atomic E-state index is -0.0654. The molecule has 1 N–H and O–H groups in total. The zero-order valence-electron chi connectivity index (χ0n) is 15.0. The Morgan fingerprint density at radius 3 is 2.80 bits per heavy atom. The SMILES string of the molecule is C#Cc1cccnc1N1CCC[C@]2(CCN(C3CCC(O)CC3)C2)C1. The van der Waals surface area contributed by atoms with Crippen LogP contribution in [0.4, 0.5) is 5.82 Å². The van der Waals surface area contributed by atoms with Gasteiger partial charge in [-0.15, -0.1) is 6.42 Å². The largest absolute Gasteiger partial charge is 0.393 e. The van der Waals surface area contributed by atoms with Gasteiger partial charge in [-0.05, 0) is 63.6 Å². The van der Waals surface area contributed by atoms with Crippen molar-refractivity contribution in [1.82, 2.24) is 9.88 Å². The van der Waals surface area contributed by atoms with E-state index in [4.69, 9.17) is 6.42 Å². The second-order valence-corrected chi connectivity index (χ2v) is 8.23. The summed E-state index contributed by atoms with van der Waals surface area (Å²) in [5, 5.41) is 9.77. The number of hydrogen-bond acceptors (Lipinski definition) is 4. The summed E-state index contributed by atoms with van der Waals surface area (Å²) in [5.74, 6) is 3.79. The first kappa shape index (κ1) is 16.9. The first-order valence-electron chi connectivity index (χ1n) is 9.78. The van der Waals surface area contributed by atoms with Crippen LogP contribution >= 0.6 is 0 Å². The monoisotopic (exact) mass is 339 g/mol. The highest BCUT2D eigenvalue weighted by Gasteiger charge is 2.43. The van der Waals surface area contributed by atoms with Crippen molar-refractivity contribution < 1.29 is 5.11 Å². The summed E-state index contributed by atoms with van der Waals surface area (Å²) in [6.45, 7) is 4.54. The molecule has 1 saturated carbocycles. The molecule has 2 saturated heterocycles. The topological polar surface area (TPSA) is 39.6 Å². The van der Waals surface area contributed by atoms with Gasteiger partial charge >= 0.3 is 0 Å². The van der Waals surface area contributed by atoms with Crippen LogP contribution in [0.3, 0.4) is 0 Å². The van der Waals surface area contributed by atoms with Crippen molar-refractivity contribution in [2.75, 3.05) is 31.1 Å². The Bertz CT molecular complexity index is 647. The maximum atomic E-state index is 9.77. The average Bonchev–Trinajstić information content (AvgIpc) is 3.05. The molecule has 1 spiro atoms. The van der Waals surface area contributed by atoms with E-state index in [1.807, 2.05) is 18.3 Å². The van der Waals surface area contributed by atoms with Gasteiger partial charge in [-0.25, -0.2) is 4.98 Å². The highest BCUT2D eigenvalue weighted by Crippen LogP contribution is 2.42. The smallest absolute Gasteiger partial charge is 0.144 e. The predicted molar refractivity (Wildman–Crippen MR) is 101 cm³/mol. The fourth-order valence-corrected chi connectivity index (χ4v) is 5.19. The number of piperidine rings is 1. The molecule has 3 heterocycles. The molecule has 0 aromatic carbocycles. The maximum absolute atomic E-state index is 9.77. The Hall–Kier alpha value is -1.57. The van der Waals surface area contributed by atoms with Crippen LogP contribution in [-0.2, 0) is 0 Å². The summed E-state index contributed by atoms with van der Waals surface area (Å²) in [6, 6.07) is 4.60. The van der Waals surface area contributed by atoms with E-state index in [-0.39, 0.29) is 6.10 Å². The lowest BCUT2D eigenvalue weighted by Crippen LogP contribution is -2.47. The third kappa shape index (κ3) is 3.41. The van der Waals surface area contributed by atoms with Gasteiger partial charge in [0.25, 0.3) is 0 Å². The summed E-state index contributed by atoms with van der Waals surface area (Å²) in [6.07, 6.45) is 15.5. The molecule has 134 valence electrons. The molecule has 3 aliphatic rings. The molecule has 1 aromatic rings. The fourth-order valence-electron chi connectivity index (χ4n) is 5.19. The number of pyridine rings is 1. The summed E-state index contributed by atoms with van der Waals surface area (Å²) in [7, 11) is 0. The van der Waals surface area contributed by atoms with E-state index >= 15 is 0 Å². The van der Waals surface area contributed by atoms with Gasteiger partial charge in [0.1, 0.15) is 5.82 Å². The Labute approximate surface area is 151 Å². The van der Waals surface area contributed by atoms with Crippen molar-refractivity contribution >= 4 is 5.82 Å². The minimum absolute atomic E-state index is 0.0654. The quantitative estimate of drug-likeness (QED) is 0.841. The van der Waals surface area contributed by atoms with E-state index in [9.17, 15) is 5.11 Å². The van der Waals surface area contributed by atoms with Crippen LogP contribution in [-0.4, -0.2) is 53.3 Å². The van der Waals surface area contributed by atoms with Gasteiger partial charge in [-0.2, -0.15) is 0 Å². The number of aliphatic hydroxyl groups is 1. The van der Waals surface area contributed by atoms with Gasteiger partial charge in [-0.1, -0.05) is 5.92 Å². The van der Waals surface area contributed by atoms with E-state index in [1.54, 1.807) is 0 Å². The molecule has 25 heavy (non-hydrogen) atoms. The summed E-state index contributed by atoms with van der Waals surface area (Å²) in [5.41, 5.74) is 1.30. The molecule has 2 aliphatic heterocycles. The molecule has 1 aromatic heterocycles. The number of terminal acetylenes is 1. The van der Waals surface area contributed by atoms with Crippen LogP contribution in [0.2, 0.25) is 0 Å². The number of aliphatic hydroxyl groups excluding tert-OH is 1. The Balaban J connectivity index is 1.45. The standard InChI is InChI=1S/C21H29N3O/c1-2-17-5-3-12-22-20(17)24-13-4-10-21(16-24)11-14-23(15-21)18-6-8-19(25)9-7-18/h1,3,5,12,18-19,25H,4,6-11,13-16H2/t18?,19?,21-/m1/s1. The molecular formula is C21H29N3O. The minimum Gasteiger partial charge on any atom is -0.393 e. The maximum Gasteiger partial charge on any atom is 0.144 e. The van der Waals surface area contributed by atoms with Gasteiger partial charge < -0.3 is 10.0 Å². The summed E-state index contributed by atoms with van der Waals surface area (Å²) < 4.78 is 0. The lowest BCUT2D eigenvalue weighted by molar-refractivity contribution is 0.0770. The van der Waals surface area contributed by atoms with E-state index in [1.165, 1.54) is 32.4 Å². The van der Waals surface area contributed by atoms with Crippen LogP contribution < -0.4 is 4.90 Å². The van der Waals surface area contributed by atoms with Crippen molar-refractivity contribution in [3.8, 4) is 12.3 Å². The van der Waals surface area contributed by atoms with Gasteiger partial charge in [0, 0.05) is 37.3 Å². The highest BCUT2D eigenvalue weighted by atomic mass is 16.3. The first-order chi connectivity index (χ1) is 12.2. The van der Waals surface area contributed by atoms with E-state index in [0.717, 1.165) is 50.2 Å². The molecule has 0 unspecified atom stereocenters. The van der Waals surface area contributed by atoms with E-state index < -0.39 is 0 Å². The zero-order chi connectivity index (χ0) is 17.3. The second kappa shape index (κ2) is 6.97. The first-order valence-corrected chi connectivity index (χ1v) is 9.78. The highest BCUT2D eigenvalue weighted by molar-refractivity contribution is 5.55. The molecule has 0 bridgehead atoms. The van der Waals surface area contributed by atoms with Crippen LogP contribution in [0.1, 0.15) is 50.5 Å². The second-order valence-electron chi connectivity index (χ2n) is 8.23. The number of rotatable bonds is 2. The van der Waals surface area contributed by atoms with E-state index in [2.05, 4.69) is 20.7 Å². The van der Waals surface area contributed by atoms with Crippen molar-refractivity contribution in [2.45, 2.75) is 57.1 Å². The number of likely N-dealkylation sites (tertiary alicyclic amines) is 1. The molecule has 4 heteroatoms. The van der Waals surface area contributed by atoms with Crippen molar-refractivity contribution in [3.05, 3.63) is 23.9 Å². The van der Waals surface area contributed by atoms with Crippen LogP contribution in [0, 0.1) is 17.8 Å². The lowest BCUT2D eigenvalue weighted by Gasteiger charge is -2.42. The molecule has 3 fully saturated rings. The van der Waals surface area contributed by atoms with Gasteiger partial charge in [0.2, 0.25) is 0 Å². The molecule has 0 radical (unpaired) electrons. The molecule has 1 aliphatic carbocycles. The molecule has 4 rings (SSSR count). The van der Waals surface area contributed by atoms with Crippen molar-refractivity contribution in [2.24, 2.45) is 5.41 Å². The number of hydrogen-bond donors (Lipinski definition) is 1. The zero-order valence-corrected chi connectivity index (χ0v) is 15.0. The lowest BCUT2D eigenvalue weighted by atomic mass is 9.79. The predicted octanol–water partition coefficient (Wildman–Crippen LogP) is 2.66. The van der Waals surface area contributed by atoms with Crippen LogP contribution in [0.25, 0.3) is 0 Å². The van der Waals surface area contributed by atoms with Crippen molar-refractivity contribution in [1.29, 1.82) is 0 Å². The summed E-state index contributed by atoms with van der Waals surface area (Å²) in [4.78, 5) is 9.71. The molecule has 0 amide bonds. The molecular weight excluding hydrogens is 310 g/mol. The van der Waals surface area contributed by atoms with Crippen LogP contribution in [0.15, 0.2) is 18.3 Å². The fraction of sp³-hybridized carbons (Fsp3) is 0.667. The summed E-state index contributed by atoms with van der Waals surface area (Å²) >= 11 is 0. The third-order valence-corrected chi connectivity index (χ3v) is 6.55. The number of anilines is 1. The Kier molecular flexibility index (Phi) is 4.71. The van der Waals surface area contributed by atoms with Gasteiger partial charge in [0.15, 0.2) is 0 Å². The average molecular weight is 339 g/mol. The number of aromatic nitrogens is 1. The molecule has 4 nitrogen and oxygen atoms in total. The van der Waals surface area contributed by atoms with E-state index in [0.29, 0.717) is 11.5 Å². The third-order valence-electron chi connectivity index (χ3n) is 6.55. The Morgan fingerprint density at radius 1 is 1.16 bits per heavy atom. The van der Waals surface area contributed by atoms with Gasteiger partial charge in [-0.3, -0.25) is 4.90 Å². The van der Waals surface area contributed by atoms with Crippen molar-refractivity contribution in [3.63, 3.8) is 0 Å². The Morgan fingerprint density at radius 2 is 2.00 bits per heavy atom. The van der Waals surface area contributed by atoms with Crippen LogP contribution in [0.5, 0.6) is 0 Å². The normalized spacial score (nSPS) is 33.5. The number of nitrogens with zero attached hydrogens (tertiary/aromatic N) is 3.